The molecule has 1 saturated heterocycles. The van der Waals surface area contributed by atoms with Gasteiger partial charge in [0.15, 0.2) is 0 Å². The van der Waals surface area contributed by atoms with Crippen molar-refractivity contribution in [3.8, 4) is 11.5 Å². The van der Waals surface area contributed by atoms with Gasteiger partial charge in [-0.25, -0.2) is 4.79 Å². The highest BCUT2D eigenvalue weighted by molar-refractivity contribution is 8.26. The second-order valence-corrected chi connectivity index (χ2v) is 7.82. The quantitative estimate of drug-likeness (QED) is 0.560. The lowest BCUT2D eigenvalue weighted by Crippen LogP contribution is -2.44. The number of aliphatic carboxylic acids is 1. The Labute approximate surface area is 162 Å². The first-order chi connectivity index (χ1) is 12.3. The predicted octanol–water partition coefficient (Wildman–Crippen LogP) is 3.40. The van der Waals surface area contributed by atoms with E-state index >= 15 is 0 Å². The van der Waals surface area contributed by atoms with Crippen molar-refractivity contribution < 1.29 is 24.2 Å². The zero-order valence-electron chi connectivity index (χ0n) is 15.0. The fraction of sp³-hybridized carbons (Fsp3) is 0.389. The standard InChI is InChI=1S/C18H21NO5S2/c1-10(2)7-13(17(21)22)19-16(20)15(26-18(19)25)9-11-8-12(23-3)5-6-14(11)24-4/h5-6,8-10,13H,7H2,1-4H3,(H,21,22)/b15-9-. The van der Waals surface area contributed by atoms with E-state index in [9.17, 15) is 14.7 Å². The average Bonchev–Trinajstić information content (AvgIpc) is 2.86. The highest BCUT2D eigenvalue weighted by atomic mass is 32.2. The molecule has 0 aromatic heterocycles. The van der Waals surface area contributed by atoms with Crippen LogP contribution in [0, 0.1) is 5.92 Å². The van der Waals surface area contributed by atoms with Crippen molar-refractivity contribution in [1.82, 2.24) is 4.90 Å². The molecule has 1 N–H and O–H groups in total. The normalized spacial score (nSPS) is 17.1. The third-order valence-corrected chi connectivity index (χ3v) is 5.17. The van der Waals surface area contributed by atoms with Gasteiger partial charge in [0, 0.05) is 5.56 Å². The van der Waals surface area contributed by atoms with Gasteiger partial charge in [0.25, 0.3) is 5.91 Å². The van der Waals surface area contributed by atoms with E-state index in [1.54, 1.807) is 31.4 Å². The van der Waals surface area contributed by atoms with E-state index in [0.717, 1.165) is 11.8 Å². The number of carboxylic acids is 1. The van der Waals surface area contributed by atoms with Crippen molar-refractivity contribution in [2.75, 3.05) is 14.2 Å². The number of thiocarbonyl (C=S) groups is 1. The number of benzene rings is 1. The minimum Gasteiger partial charge on any atom is -0.497 e. The van der Waals surface area contributed by atoms with Crippen molar-refractivity contribution in [2.45, 2.75) is 26.3 Å². The molecule has 8 heteroatoms. The summed E-state index contributed by atoms with van der Waals surface area (Å²) in [5.74, 6) is -0.153. The summed E-state index contributed by atoms with van der Waals surface area (Å²) in [5, 5.41) is 9.53. The lowest BCUT2D eigenvalue weighted by Gasteiger charge is -2.24. The predicted molar refractivity (Wildman–Crippen MR) is 105 cm³/mol. The molecule has 0 aliphatic carbocycles. The van der Waals surface area contributed by atoms with E-state index in [1.807, 2.05) is 13.8 Å². The van der Waals surface area contributed by atoms with Crippen molar-refractivity contribution in [3.63, 3.8) is 0 Å². The molecular formula is C18H21NO5S2. The maximum absolute atomic E-state index is 12.8. The lowest BCUT2D eigenvalue weighted by atomic mass is 10.0. The smallest absolute Gasteiger partial charge is 0.326 e. The molecule has 26 heavy (non-hydrogen) atoms. The summed E-state index contributed by atoms with van der Waals surface area (Å²) < 4.78 is 10.8. The molecule has 1 aromatic carbocycles. The van der Waals surface area contributed by atoms with Crippen LogP contribution in [0.5, 0.6) is 11.5 Å². The number of hydrogen-bond acceptors (Lipinski definition) is 6. The maximum atomic E-state index is 12.8. The number of thioether (sulfide) groups is 1. The van der Waals surface area contributed by atoms with Crippen LogP contribution in [-0.2, 0) is 9.59 Å². The number of nitrogens with zero attached hydrogens (tertiary/aromatic N) is 1. The van der Waals surface area contributed by atoms with Gasteiger partial charge in [0.05, 0.1) is 19.1 Å². The van der Waals surface area contributed by atoms with E-state index in [2.05, 4.69) is 0 Å². The van der Waals surface area contributed by atoms with Gasteiger partial charge in [0.2, 0.25) is 0 Å². The van der Waals surface area contributed by atoms with E-state index in [4.69, 9.17) is 21.7 Å². The average molecular weight is 396 g/mol. The Hall–Kier alpha value is -2.06. The molecule has 1 aromatic rings. The van der Waals surface area contributed by atoms with Crippen LogP contribution in [0.3, 0.4) is 0 Å². The molecule has 0 saturated carbocycles. The summed E-state index contributed by atoms with van der Waals surface area (Å²) in [7, 11) is 3.09. The largest absolute Gasteiger partial charge is 0.497 e. The minimum absolute atomic E-state index is 0.114. The van der Waals surface area contributed by atoms with E-state index < -0.39 is 17.9 Å². The van der Waals surface area contributed by atoms with Gasteiger partial charge < -0.3 is 14.6 Å². The Kier molecular flexibility index (Phi) is 6.66. The zero-order chi connectivity index (χ0) is 19.4. The van der Waals surface area contributed by atoms with Gasteiger partial charge in [-0.05, 0) is 36.6 Å². The first-order valence-corrected chi connectivity index (χ1v) is 9.22. The molecule has 0 bridgehead atoms. The van der Waals surface area contributed by atoms with Gasteiger partial charge in [-0.3, -0.25) is 9.69 Å². The highest BCUT2D eigenvalue weighted by Gasteiger charge is 2.40. The Bertz CT molecular complexity index is 760. The first kappa shape index (κ1) is 20.3. The Morgan fingerprint density at radius 1 is 1.35 bits per heavy atom. The first-order valence-electron chi connectivity index (χ1n) is 8.00. The molecule has 0 spiro atoms. The van der Waals surface area contributed by atoms with E-state index in [-0.39, 0.29) is 10.2 Å². The van der Waals surface area contributed by atoms with Crippen LogP contribution in [0.1, 0.15) is 25.8 Å². The Morgan fingerprint density at radius 3 is 2.58 bits per heavy atom. The minimum atomic E-state index is -1.06. The molecule has 2 rings (SSSR count). The van der Waals surface area contributed by atoms with Crippen LogP contribution in [0.4, 0.5) is 0 Å². The Morgan fingerprint density at radius 2 is 2.04 bits per heavy atom. The molecule has 1 atom stereocenters. The monoisotopic (exact) mass is 395 g/mol. The summed E-state index contributed by atoms with van der Waals surface area (Å²) in [6, 6.07) is 4.27. The topological polar surface area (TPSA) is 76.1 Å². The van der Waals surface area contributed by atoms with Crippen LogP contribution in [0.25, 0.3) is 6.08 Å². The van der Waals surface area contributed by atoms with Crippen LogP contribution in [-0.4, -0.2) is 46.5 Å². The van der Waals surface area contributed by atoms with Crippen LogP contribution in [0.15, 0.2) is 23.1 Å². The number of amides is 1. The summed E-state index contributed by atoms with van der Waals surface area (Å²) in [6.07, 6.45) is 1.98. The molecule has 1 fully saturated rings. The molecule has 1 aliphatic heterocycles. The van der Waals surface area contributed by atoms with Crippen molar-refractivity contribution in [3.05, 3.63) is 28.7 Å². The van der Waals surface area contributed by atoms with Crippen LogP contribution >= 0.6 is 24.0 Å². The molecule has 140 valence electrons. The van der Waals surface area contributed by atoms with Gasteiger partial charge in [-0.2, -0.15) is 0 Å². The molecular weight excluding hydrogens is 374 g/mol. The second-order valence-electron chi connectivity index (χ2n) is 6.14. The van der Waals surface area contributed by atoms with E-state index in [0.29, 0.717) is 28.4 Å². The summed E-state index contributed by atoms with van der Waals surface area (Å²) in [6.45, 7) is 3.81. The molecule has 6 nitrogen and oxygen atoms in total. The van der Waals surface area contributed by atoms with E-state index in [1.165, 1.54) is 12.0 Å². The lowest BCUT2D eigenvalue weighted by molar-refractivity contribution is -0.145. The maximum Gasteiger partial charge on any atom is 0.326 e. The molecule has 1 heterocycles. The fourth-order valence-electron chi connectivity index (χ4n) is 2.61. The molecule has 1 aliphatic rings. The number of hydrogen-bond donors (Lipinski definition) is 1. The second kappa shape index (κ2) is 8.55. The fourth-order valence-corrected chi connectivity index (χ4v) is 3.95. The zero-order valence-corrected chi connectivity index (χ0v) is 16.6. The number of carboxylic acid groups (broad SMARTS) is 1. The van der Waals surface area contributed by atoms with Gasteiger partial charge >= 0.3 is 5.97 Å². The summed E-state index contributed by atoms with van der Waals surface area (Å²) >= 11 is 6.37. The van der Waals surface area contributed by atoms with Crippen LogP contribution < -0.4 is 9.47 Å². The number of rotatable bonds is 7. The molecule has 0 radical (unpaired) electrons. The van der Waals surface area contributed by atoms with Gasteiger partial charge in [-0.1, -0.05) is 37.8 Å². The van der Waals surface area contributed by atoms with Crippen molar-refractivity contribution in [1.29, 1.82) is 0 Å². The Balaban J connectivity index is 2.39. The van der Waals surface area contributed by atoms with Crippen LogP contribution in [0.2, 0.25) is 0 Å². The SMILES string of the molecule is COc1ccc(OC)c(/C=C2\SC(=S)N(C(CC(C)C)C(=O)O)C2=O)c1. The number of ether oxygens (including phenoxy) is 2. The number of carbonyl (C=O) groups excluding carboxylic acids is 1. The molecule has 1 amide bonds. The summed E-state index contributed by atoms with van der Waals surface area (Å²) in [5.41, 5.74) is 0.656. The van der Waals surface area contributed by atoms with Crippen molar-refractivity contribution >= 4 is 46.3 Å². The third-order valence-electron chi connectivity index (χ3n) is 3.84. The van der Waals surface area contributed by atoms with Gasteiger partial charge in [0.1, 0.15) is 21.9 Å². The number of carbonyl (C=O) groups is 2. The number of methoxy groups -OCH3 is 2. The van der Waals surface area contributed by atoms with Gasteiger partial charge in [-0.15, -0.1) is 0 Å². The summed E-state index contributed by atoms with van der Waals surface area (Å²) in [4.78, 5) is 26.0. The highest BCUT2D eigenvalue weighted by Crippen LogP contribution is 2.37. The van der Waals surface area contributed by atoms with Crippen molar-refractivity contribution in [2.24, 2.45) is 5.92 Å². The third kappa shape index (κ3) is 4.37. The molecule has 1 unspecified atom stereocenters.